The standard InChI is InChI=1S/C23H22F3N5O/c1-15-12-17(5-7-20(15)32-18-6-4-16(2)27-13-18)30-22-21-19(28-14-29-22)8-11-31(21)10-3-9-23(24,25)26/h4-8,11-14H,3,9-10H2,1-2H3,(H,28,29,30). The van der Waals surface area contributed by atoms with Crippen molar-refractivity contribution in [3.63, 3.8) is 0 Å². The van der Waals surface area contributed by atoms with Gasteiger partial charge in [-0.2, -0.15) is 13.2 Å². The first kappa shape index (κ1) is 21.6. The van der Waals surface area contributed by atoms with Crippen LogP contribution in [0.3, 0.4) is 0 Å². The van der Waals surface area contributed by atoms with Gasteiger partial charge in [0.15, 0.2) is 5.82 Å². The molecule has 0 saturated heterocycles. The molecule has 0 radical (unpaired) electrons. The van der Waals surface area contributed by atoms with E-state index in [0.717, 1.165) is 16.9 Å². The first-order chi connectivity index (χ1) is 15.3. The van der Waals surface area contributed by atoms with Gasteiger partial charge in [-0.1, -0.05) is 0 Å². The lowest BCUT2D eigenvalue weighted by Gasteiger charge is -2.13. The average molecular weight is 441 g/mol. The fourth-order valence-corrected chi connectivity index (χ4v) is 3.38. The molecule has 9 heteroatoms. The quantitative estimate of drug-likeness (QED) is 0.363. The molecule has 0 saturated carbocycles. The zero-order chi connectivity index (χ0) is 22.7. The largest absolute Gasteiger partial charge is 0.455 e. The lowest BCUT2D eigenvalue weighted by Crippen LogP contribution is -2.09. The van der Waals surface area contributed by atoms with Crippen LogP contribution in [0.4, 0.5) is 24.7 Å². The van der Waals surface area contributed by atoms with Crippen molar-refractivity contribution >= 4 is 22.5 Å². The number of fused-ring (bicyclic) bond motifs is 1. The molecule has 4 rings (SSSR count). The Morgan fingerprint density at radius 1 is 1.03 bits per heavy atom. The van der Waals surface area contributed by atoms with Crippen LogP contribution >= 0.6 is 0 Å². The van der Waals surface area contributed by atoms with Crippen LogP contribution in [0, 0.1) is 13.8 Å². The molecule has 0 bridgehead atoms. The number of ether oxygens (including phenoxy) is 1. The molecule has 1 aromatic carbocycles. The molecule has 0 aliphatic heterocycles. The Balaban J connectivity index is 1.53. The van der Waals surface area contributed by atoms with Crippen molar-refractivity contribution in [2.45, 2.75) is 39.4 Å². The molecule has 0 spiro atoms. The van der Waals surface area contributed by atoms with Crippen molar-refractivity contribution in [2.75, 3.05) is 5.32 Å². The number of nitrogens with one attached hydrogen (secondary N) is 1. The van der Waals surface area contributed by atoms with E-state index in [1.165, 1.54) is 6.33 Å². The number of hydrogen-bond donors (Lipinski definition) is 1. The van der Waals surface area contributed by atoms with Gasteiger partial charge in [0, 0.05) is 30.5 Å². The topological polar surface area (TPSA) is 64.9 Å². The molecule has 1 N–H and O–H groups in total. The third-order valence-corrected chi connectivity index (χ3v) is 4.96. The van der Waals surface area contributed by atoms with Crippen molar-refractivity contribution in [1.82, 2.24) is 19.5 Å². The summed E-state index contributed by atoms with van der Waals surface area (Å²) in [5, 5.41) is 3.26. The minimum absolute atomic E-state index is 0.0133. The molecule has 0 fully saturated rings. The average Bonchev–Trinajstić information content (AvgIpc) is 3.15. The molecule has 3 aromatic heterocycles. The van der Waals surface area contributed by atoms with E-state index in [4.69, 9.17) is 4.74 Å². The van der Waals surface area contributed by atoms with Crippen LogP contribution in [0.5, 0.6) is 11.5 Å². The van der Waals surface area contributed by atoms with E-state index in [1.807, 2.05) is 44.2 Å². The number of aromatic nitrogens is 4. The van der Waals surface area contributed by atoms with Gasteiger partial charge in [-0.3, -0.25) is 4.98 Å². The molecule has 166 valence electrons. The molecule has 4 aromatic rings. The monoisotopic (exact) mass is 441 g/mol. The molecule has 0 aliphatic rings. The molecule has 0 unspecified atom stereocenters. The lowest BCUT2D eigenvalue weighted by atomic mass is 10.2. The zero-order valence-electron chi connectivity index (χ0n) is 17.6. The Morgan fingerprint density at radius 3 is 2.59 bits per heavy atom. The maximum absolute atomic E-state index is 12.5. The number of anilines is 2. The molecule has 0 aliphatic carbocycles. The third kappa shape index (κ3) is 5.16. The Morgan fingerprint density at radius 2 is 1.88 bits per heavy atom. The summed E-state index contributed by atoms with van der Waals surface area (Å²) in [5.41, 5.74) is 3.92. The molecule has 0 atom stereocenters. The molecule has 0 amide bonds. The highest BCUT2D eigenvalue weighted by Gasteiger charge is 2.26. The number of alkyl halides is 3. The second-order valence-electron chi connectivity index (χ2n) is 7.53. The second kappa shape index (κ2) is 8.86. The van der Waals surface area contributed by atoms with E-state index in [0.29, 0.717) is 28.4 Å². The number of nitrogens with zero attached hydrogens (tertiary/aromatic N) is 4. The number of rotatable bonds is 7. The summed E-state index contributed by atoms with van der Waals surface area (Å²) in [4.78, 5) is 12.8. The SMILES string of the molecule is Cc1ccc(Oc2ccc(Nc3ncnc4ccn(CCCC(F)(F)F)c34)cc2C)cn1. The van der Waals surface area contributed by atoms with Crippen molar-refractivity contribution in [3.8, 4) is 11.5 Å². The maximum Gasteiger partial charge on any atom is 0.389 e. The lowest BCUT2D eigenvalue weighted by molar-refractivity contribution is -0.135. The predicted molar refractivity (Wildman–Crippen MR) is 116 cm³/mol. The summed E-state index contributed by atoms with van der Waals surface area (Å²) in [6, 6.07) is 11.1. The summed E-state index contributed by atoms with van der Waals surface area (Å²) in [6.45, 7) is 4.06. The van der Waals surface area contributed by atoms with Crippen molar-refractivity contribution in [3.05, 3.63) is 66.4 Å². The Bertz CT molecular complexity index is 1220. The summed E-state index contributed by atoms with van der Waals surface area (Å²) >= 11 is 0. The fraction of sp³-hybridized carbons (Fsp3) is 0.261. The Hall–Kier alpha value is -3.62. The normalized spacial score (nSPS) is 11.7. The van der Waals surface area contributed by atoms with Crippen LogP contribution in [0.15, 0.2) is 55.1 Å². The van der Waals surface area contributed by atoms with Crippen LogP contribution in [0.2, 0.25) is 0 Å². The van der Waals surface area contributed by atoms with Crippen LogP contribution in [-0.4, -0.2) is 25.7 Å². The smallest absolute Gasteiger partial charge is 0.389 e. The van der Waals surface area contributed by atoms with Crippen LogP contribution in [-0.2, 0) is 6.54 Å². The summed E-state index contributed by atoms with van der Waals surface area (Å²) in [7, 11) is 0. The van der Waals surface area contributed by atoms with Gasteiger partial charge in [0.25, 0.3) is 0 Å². The maximum atomic E-state index is 12.5. The van der Waals surface area contributed by atoms with Gasteiger partial charge in [0.1, 0.15) is 23.3 Å². The molecule has 3 heterocycles. The Kier molecular flexibility index (Phi) is 5.98. The first-order valence-corrected chi connectivity index (χ1v) is 10.1. The van der Waals surface area contributed by atoms with Crippen LogP contribution in [0.1, 0.15) is 24.1 Å². The van der Waals surface area contributed by atoms with E-state index in [9.17, 15) is 13.2 Å². The second-order valence-corrected chi connectivity index (χ2v) is 7.53. The highest BCUT2D eigenvalue weighted by atomic mass is 19.4. The highest BCUT2D eigenvalue weighted by Crippen LogP contribution is 2.30. The summed E-state index contributed by atoms with van der Waals surface area (Å²) < 4.78 is 45.2. The van der Waals surface area contributed by atoms with Crippen molar-refractivity contribution < 1.29 is 17.9 Å². The van der Waals surface area contributed by atoms with Gasteiger partial charge in [0.05, 0.1) is 11.7 Å². The van der Waals surface area contributed by atoms with E-state index >= 15 is 0 Å². The van der Waals surface area contributed by atoms with Crippen molar-refractivity contribution in [1.29, 1.82) is 0 Å². The first-order valence-electron chi connectivity index (χ1n) is 10.1. The zero-order valence-corrected chi connectivity index (χ0v) is 17.6. The van der Waals surface area contributed by atoms with E-state index in [2.05, 4.69) is 20.3 Å². The molecular formula is C23H22F3N5O. The summed E-state index contributed by atoms with van der Waals surface area (Å²) in [5.74, 6) is 1.88. The summed E-state index contributed by atoms with van der Waals surface area (Å²) in [6.07, 6.45) is -0.179. The van der Waals surface area contributed by atoms with Gasteiger partial charge in [-0.15, -0.1) is 0 Å². The van der Waals surface area contributed by atoms with Gasteiger partial charge < -0.3 is 14.6 Å². The van der Waals surface area contributed by atoms with Gasteiger partial charge in [-0.05, 0) is 62.2 Å². The number of hydrogen-bond acceptors (Lipinski definition) is 5. The molecular weight excluding hydrogens is 419 g/mol. The van der Waals surface area contributed by atoms with Crippen molar-refractivity contribution in [2.24, 2.45) is 0 Å². The predicted octanol–water partition coefficient (Wildman–Crippen LogP) is 6.32. The number of benzene rings is 1. The van der Waals surface area contributed by atoms with Gasteiger partial charge in [0.2, 0.25) is 0 Å². The van der Waals surface area contributed by atoms with Crippen LogP contribution in [0.25, 0.3) is 11.0 Å². The number of aryl methyl sites for hydroxylation is 3. The van der Waals surface area contributed by atoms with E-state index in [1.54, 1.807) is 23.0 Å². The molecule has 32 heavy (non-hydrogen) atoms. The van der Waals surface area contributed by atoms with Crippen LogP contribution < -0.4 is 10.1 Å². The van der Waals surface area contributed by atoms with E-state index < -0.39 is 12.6 Å². The van der Waals surface area contributed by atoms with E-state index in [-0.39, 0.29) is 13.0 Å². The number of pyridine rings is 1. The van der Waals surface area contributed by atoms with Gasteiger partial charge >= 0.3 is 6.18 Å². The number of halogens is 3. The minimum atomic E-state index is -4.17. The Labute approximate surface area is 183 Å². The highest BCUT2D eigenvalue weighted by molar-refractivity contribution is 5.88. The fourth-order valence-electron chi connectivity index (χ4n) is 3.38. The minimum Gasteiger partial charge on any atom is -0.455 e. The molecule has 6 nitrogen and oxygen atoms in total. The van der Waals surface area contributed by atoms with Gasteiger partial charge in [-0.25, -0.2) is 9.97 Å². The third-order valence-electron chi connectivity index (χ3n) is 4.96.